The molecule has 0 unspecified atom stereocenters. The van der Waals surface area contributed by atoms with Crippen LogP contribution in [0.5, 0.6) is 0 Å². The first-order valence-electron chi connectivity index (χ1n) is 7.32. The van der Waals surface area contributed by atoms with Crippen LogP contribution in [0, 0.1) is 6.92 Å². The first kappa shape index (κ1) is 16.9. The quantitative estimate of drug-likeness (QED) is 0.626. The summed E-state index contributed by atoms with van der Waals surface area (Å²) in [5, 5.41) is 0.305. The van der Waals surface area contributed by atoms with Gasteiger partial charge in [-0.05, 0) is 18.5 Å². The van der Waals surface area contributed by atoms with Gasteiger partial charge in [0.25, 0.3) is 5.56 Å². The molecule has 25 heavy (non-hydrogen) atoms. The molecule has 0 saturated carbocycles. The molecule has 0 bridgehead atoms. The van der Waals surface area contributed by atoms with Crippen molar-refractivity contribution >= 4 is 33.7 Å². The molecule has 0 spiro atoms. The van der Waals surface area contributed by atoms with Crippen LogP contribution in [-0.4, -0.2) is 35.6 Å². The predicted molar refractivity (Wildman–Crippen MR) is 91.8 cm³/mol. The summed E-state index contributed by atoms with van der Waals surface area (Å²) in [6, 6.07) is 0. The van der Waals surface area contributed by atoms with Crippen molar-refractivity contribution in [2.75, 3.05) is 12.3 Å². The van der Waals surface area contributed by atoms with Gasteiger partial charge in [0.1, 0.15) is 17.2 Å². The number of imidazole rings is 1. The van der Waals surface area contributed by atoms with E-state index in [4.69, 9.17) is 10.5 Å². The fraction of sp³-hybridized carbons (Fsp3) is 0.357. The van der Waals surface area contributed by atoms with Crippen LogP contribution in [0.15, 0.2) is 15.9 Å². The van der Waals surface area contributed by atoms with Crippen molar-refractivity contribution in [3.8, 4) is 0 Å². The van der Waals surface area contributed by atoms with E-state index in [9.17, 15) is 14.4 Å². The molecule has 0 aliphatic rings. The molecule has 3 aromatic heterocycles. The van der Waals surface area contributed by atoms with Gasteiger partial charge in [0, 0.05) is 14.1 Å². The smallest absolute Gasteiger partial charge is 0.343 e. The topological polar surface area (TPSA) is 127 Å². The summed E-state index contributed by atoms with van der Waals surface area (Å²) in [6.45, 7) is 1.91. The fourth-order valence-electron chi connectivity index (χ4n) is 2.51. The molecule has 3 heterocycles. The van der Waals surface area contributed by atoms with Crippen molar-refractivity contribution in [2.24, 2.45) is 14.1 Å². The third-order valence-electron chi connectivity index (χ3n) is 3.88. The number of anilines is 1. The summed E-state index contributed by atoms with van der Waals surface area (Å²) in [6.07, 6.45) is 1.44. The molecule has 0 atom stereocenters. The highest BCUT2D eigenvalue weighted by Gasteiger charge is 2.18. The van der Waals surface area contributed by atoms with Gasteiger partial charge < -0.3 is 15.0 Å². The van der Waals surface area contributed by atoms with E-state index in [0.29, 0.717) is 10.7 Å². The summed E-state index contributed by atoms with van der Waals surface area (Å²) < 4.78 is 13.1. The van der Waals surface area contributed by atoms with E-state index in [1.165, 1.54) is 25.0 Å². The minimum absolute atomic E-state index is 0.0189. The summed E-state index contributed by atoms with van der Waals surface area (Å²) in [7, 11) is 2.94. The number of ether oxygens (including phenoxy) is 1. The predicted octanol–water partition coefficient (Wildman–Crippen LogP) is -0.362. The molecule has 0 aromatic carbocycles. The lowest BCUT2D eigenvalue weighted by atomic mass is 10.2. The van der Waals surface area contributed by atoms with Crippen molar-refractivity contribution in [3.63, 3.8) is 0 Å². The zero-order valence-corrected chi connectivity index (χ0v) is 14.7. The van der Waals surface area contributed by atoms with Gasteiger partial charge in [-0.25, -0.2) is 14.6 Å². The minimum atomic E-state index is -0.562. The average Bonchev–Trinajstić information content (AvgIpc) is 3.14. The third-order valence-corrected chi connectivity index (χ3v) is 4.64. The summed E-state index contributed by atoms with van der Waals surface area (Å²) in [5.74, 6) is -0.562. The van der Waals surface area contributed by atoms with E-state index in [1.807, 2.05) is 0 Å². The SMILES string of the molecule is Cc1nsc(N)c1C(=O)OCCn1cnc2c1c(=O)n(C)c(=O)n2C. The van der Waals surface area contributed by atoms with Gasteiger partial charge in [-0.1, -0.05) is 0 Å². The molecule has 0 aliphatic carbocycles. The van der Waals surface area contributed by atoms with Gasteiger partial charge in [0.15, 0.2) is 11.2 Å². The number of nitrogen functional groups attached to an aromatic ring is 1. The molecule has 10 nitrogen and oxygen atoms in total. The van der Waals surface area contributed by atoms with Crippen LogP contribution in [0.4, 0.5) is 5.00 Å². The standard InChI is InChI=1S/C14H16N6O4S/c1-7-8(10(15)25-17-7)13(22)24-5-4-20-6-16-11-9(20)12(21)19(3)14(23)18(11)2/h6H,4-5,15H2,1-3H3. The Balaban J connectivity index is 1.82. The number of nitrogens with two attached hydrogens (primary N) is 1. The highest BCUT2D eigenvalue weighted by Crippen LogP contribution is 2.21. The average molecular weight is 364 g/mol. The van der Waals surface area contributed by atoms with Crippen LogP contribution in [0.3, 0.4) is 0 Å². The van der Waals surface area contributed by atoms with Crippen molar-refractivity contribution in [2.45, 2.75) is 13.5 Å². The Bertz CT molecular complexity index is 1070. The maximum absolute atomic E-state index is 12.3. The molecule has 3 aromatic rings. The second-order valence-electron chi connectivity index (χ2n) is 5.46. The molecular weight excluding hydrogens is 348 g/mol. The Morgan fingerprint density at radius 2 is 2.04 bits per heavy atom. The number of hydrogen-bond acceptors (Lipinski definition) is 8. The van der Waals surface area contributed by atoms with Gasteiger partial charge in [-0.15, -0.1) is 0 Å². The highest BCUT2D eigenvalue weighted by atomic mass is 32.1. The van der Waals surface area contributed by atoms with E-state index >= 15 is 0 Å². The molecule has 0 amide bonds. The Hall–Kier alpha value is -2.95. The van der Waals surface area contributed by atoms with Gasteiger partial charge in [-0.2, -0.15) is 4.37 Å². The van der Waals surface area contributed by atoms with Crippen molar-refractivity contribution in [1.29, 1.82) is 0 Å². The Morgan fingerprint density at radius 1 is 1.32 bits per heavy atom. The lowest BCUT2D eigenvalue weighted by Gasteiger charge is -2.08. The van der Waals surface area contributed by atoms with Crippen LogP contribution >= 0.6 is 11.5 Å². The monoisotopic (exact) mass is 364 g/mol. The molecule has 0 saturated heterocycles. The number of carbonyl (C=O) groups excluding carboxylic acids is 1. The zero-order valence-electron chi connectivity index (χ0n) is 13.8. The molecule has 2 N–H and O–H groups in total. The number of hydrogen-bond donors (Lipinski definition) is 1. The second-order valence-corrected chi connectivity index (χ2v) is 6.26. The van der Waals surface area contributed by atoms with Crippen LogP contribution in [0.25, 0.3) is 11.2 Å². The molecule has 0 aliphatic heterocycles. The minimum Gasteiger partial charge on any atom is -0.460 e. The maximum Gasteiger partial charge on any atom is 0.343 e. The molecule has 3 rings (SSSR count). The zero-order chi connectivity index (χ0) is 18.3. The van der Waals surface area contributed by atoms with Gasteiger partial charge in [0.2, 0.25) is 0 Å². The number of carbonyl (C=O) groups is 1. The Kier molecular flexibility index (Phi) is 4.17. The van der Waals surface area contributed by atoms with Crippen molar-refractivity contribution in [3.05, 3.63) is 38.4 Å². The second kappa shape index (κ2) is 6.16. The van der Waals surface area contributed by atoms with E-state index in [0.717, 1.165) is 16.1 Å². The molecule has 132 valence electrons. The lowest BCUT2D eigenvalue weighted by molar-refractivity contribution is 0.0493. The van der Waals surface area contributed by atoms with Crippen LogP contribution < -0.4 is 17.0 Å². The third kappa shape index (κ3) is 2.71. The maximum atomic E-state index is 12.3. The lowest BCUT2D eigenvalue weighted by Crippen LogP contribution is -2.37. The number of aromatic nitrogens is 5. The molecule has 0 fully saturated rings. The van der Waals surface area contributed by atoms with E-state index in [-0.39, 0.29) is 29.9 Å². The summed E-state index contributed by atoms with van der Waals surface area (Å²) in [4.78, 5) is 40.4. The van der Waals surface area contributed by atoms with Crippen molar-refractivity contribution in [1.82, 2.24) is 23.1 Å². The largest absolute Gasteiger partial charge is 0.460 e. The normalized spacial score (nSPS) is 11.2. The van der Waals surface area contributed by atoms with Crippen LogP contribution in [-0.2, 0) is 25.4 Å². The van der Waals surface area contributed by atoms with Gasteiger partial charge in [-0.3, -0.25) is 13.9 Å². The number of fused-ring (bicyclic) bond motifs is 1. The fourth-order valence-corrected chi connectivity index (χ4v) is 3.16. The first-order chi connectivity index (χ1) is 11.8. The first-order valence-corrected chi connectivity index (χ1v) is 8.10. The number of aryl methyl sites for hydroxylation is 2. The van der Waals surface area contributed by atoms with Crippen LogP contribution in [0.1, 0.15) is 16.1 Å². The van der Waals surface area contributed by atoms with Gasteiger partial charge in [0.05, 0.1) is 18.6 Å². The number of rotatable bonds is 4. The Labute approximate surface area is 145 Å². The molecular formula is C14H16N6O4S. The molecule has 11 heteroatoms. The number of nitrogens with zero attached hydrogens (tertiary/aromatic N) is 5. The van der Waals surface area contributed by atoms with E-state index in [1.54, 1.807) is 11.5 Å². The number of esters is 1. The van der Waals surface area contributed by atoms with Crippen LogP contribution in [0.2, 0.25) is 0 Å². The van der Waals surface area contributed by atoms with E-state index < -0.39 is 17.2 Å². The highest BCUT2D eigenvalue weighted by molar-refractivity contribution is 7.10. The summed E-state index contributed by atoms with van der Waals surface area (Å²) in [5.41, 5.74) is 6.14. The van der Waals surface area contributed by atoms with Gasteiger partial charge >= 0.3 is 11.7 Å². The Morgan fingerprint density at radius 3 is 2.68 bits per heavy atom. The molecule has 0 radical (unpaired) electrons. The summed E-state index contributed by atoms with van der Waals surface area (Å²) >= 11 is 1.03. The van der Waals surface area contributed by atoms with Crippen molar-refractivity contribution < 1.29 is 9.53 Å². The van der Waals surface area contributed by atoms with E-state index in [2.05, 4.69) is 9.36 Å².